The summed E-state index contributed by atoms with van der Waals surface area (Å²) in [6, 6.07) is 0. The van der Waals surface area contributed by atoms with Crippen LogP contribution in [0, 0.1) is 12.8 Å². The molecule has 0 saturated carbocycles. The average molecular weight is 239 g/mol. The zero-order valence-electron chi connectivity index (χ0n) is 10.7. The van der Waals surface area contributed by atoms with E-state index in [1.165, 1.54) is 0 Å². The van der Waals surface area contributed by atoms with Gasteiger partial charge in [-0.15, -0.1) is 11.8 Å². The fourth-order valence-electron chi connectivity index (χ4n) is 1.10. The maximum Gasteiger partial charge on any atom is 0.223 e. The molecule has 0 aliphatic heterocycles. The molecule has 1 N–H and O–H groups in total. The van der Waals surface area contributed by atoms with Crippen LogP contribution in [0.4, 0.5) is 5.95 Å². The van der Waals surface area contributed by atoms with Gasteiger partial charge in [-0.05, 0) is 25.3 Å². The first-order valence-corrected chi connectivity index (χ1v) is 6.66. The van der Waals surface area contributed by atoms with Crippen LogP contribution in [0.5, 0.6) is 0 Å². The second kappa shape index (κ2) is 6.09. The van der Waals surface area contributed by atoms with Gasteiger partial charge < -0.3 is 5.32 Å². The fourth-order valence-corrected chi connectivity index (χ4v) is 2.10. The molecule has 0 aliphatic carbocycles. The number of aromatic nitrogens is 2. The molecule has 0 amide bonds. The van der Waals surface area contributed by atoms with Gasteiger partial charge in [0.25, 0.3) is 0 Å². The predicted octanol–water partition coefficient (Wildman–Crippen LogP) is 3.35. The van der Waals surface area contributed by atoms with Crippen LogP contribution in [0.3, 0.4) is 0 Å². The normalized spacial score (nSPS) is 12.9. The van der Waals surface area contributed by atoms with Crippen molar-refractivity contribution in [1.29, 1.82) is 0 Å². The van der Waals surface area contributed by atoms with Gasteiger partial charge in [-0.2, -0.15) is 0 Å². The molecule has 0 radical (unpaired) electrons. The molecule has 0 bridgehead atoms. The summed E-state index contributed by atoms with van der Waals surface area (Å²) in [6.45, 7) is 11.7. The van der Waals surface area contributed by atoms with E-state index in [-0.39, 0.29) is 0 Å². The maximum absolute atomic E-state index is 4.53. The van der Waals surface area contributed by atoms with Gasteiger partial charge in [-0.1, -0.05) is 20.8 Å². The summed E-state index contributed by atoms with van der Waals surface area (Å²) in [7, 11) is 0. The van der Waals surface area contributed by atoms with Crippen LogP contribution in [0.1, 0.15) is 33.3 Å². The van der Waals surface area contributed by atoms with Crippen LogP contribution < -0.4 is 5.32 Å². The Morgan fingerprint density at radius 2 is 2.06 bits per heavy atom. The van der Waals surface area contributed by atoms with E-state index in [1.807, 2.05) is 24.9 Å². The van der Waals surface area contributed by atoms with Crippen molar-refractivity contribution in [2.45, 2.75) is 44.9 Å². The summed E-state index contributed by atoms with van der Waals surface area (Å²) in [4.78, 5) is 8.77. The van der Waals surface area contributed by atoms with E-state index < -0.39 is 0 Å². The molecule has 90 valence electrons. The van der Waals surface area contributed by atoms with E-state index in [2.05, 4.69) is 43.0 Å². The van der Waals surface area contributed by atoms with Crippen molar-refractivity contribution in [3.05, 3.63) is 11.8 Å². The number of hydrogen-bond donors (Lipinski definition) is 1. The Balaban J connectivity index is 2.81. The number of nitrogens with zero attached hydrogens (tertiary/aromatic N) is 2. The number of thioether (sulfide) groups is 1. The number of anilines is 1. The summed E-state index contributed by atoms with van der Waals surface area (Å²) in [6.07, 6.45) is 1.89. The van der Waals surface area contributed by atoms with Crippen molar-refractivity contribution in [2.75, 3.05) is 11.9 Å². The topological polar surface area (TPSA) is 37.8 Å². The van der Waals surface area contributed by atoms with Gasteiger partial charge in [0, 0.05) is 18.0 Å². The number of rotatable bonds is 5. The fraction of sp³-hybridized carbons (Fsp3) is 0.667. The molecule has 1 heterocycles. The Morgan fingerprint density at radius 3 is 2.62 bits per heavy atom. The van der Waals surface area contributed by atoms with Crippen LogP contribution in [0.2, 0.25) is 0 Å². The molecule has 1 atom stereocenters. The quantitative estimate of drug-likeness (QED) is 0.631. The van der Waals surface area contributed by atoms with Crippen LogP contribution in [-0.4, -0.2) is 21.8 Å². The standard InChI is InChI=1S/C12H21N3S/c1-6-13-12-14-7-9(4)11(15-12)16-10(5)8(2)3/h7-8,10H,6H2,1-5H3,(H,13,14,15). The Hall–Kier alpha value is -0.770. The SMILES string of the molecule is CCNc1ncc(C)c(SC(C)C(C)C)n1. The smallest absolute Gasteiger partial charge is 0.223 e. The summed E-state index contributed by atoms with van der Waals surface area (Å²) in [5.74, 6) is 1.38. The third-order valence-corrected chi connectivity index (χ3v) is 4.05. The molecular formula is C12H21N3S. The van der Waals surface area contributed by atoms with Gasteiger partial charge in [-0.3, -0.25) is 0 Å². The van der Waals surface area contributed by atoms with Crippen LogP contribution in [0.15, 0.2) is 11.2 Å². The summed E-state index contributed by atoms with van der Waals surface area (Å²) in [5, 5.41) is 4.80. The Kier molecular flexibility index (Phi) is 5.06. The molecule has 0 fully saturated rings. The molecular weight excluding hydrogens is 218 g/mol. The van der Waals surface area contributed by atoms with Crippen LogP contribution in [-0.2, 0) is 0 Å². The monoisotopic (exact) mass is 239 g/mol. The zero-order chi connectivity index (χ0) is 12.1. The minimum atomic E-state index is 0.572. The lowest BCUT2D eigenvalue weighted by molar-refractivity contribution is 0.641. The first-order valence-electron chi connectivity index (χ1n) is 5.78. The minimum absolute atomic E-state index is 0.572. The van der Waals surface area contributed by atoms with E-state index in [4.69, 9.17) is 0 Å². The van der Waals surface area contributed by atoms with E-state index in [1.54, 1.807) is 0 Å². The molecule has 0 saturated heterocycles. The van der Waals surface area contributed by atoms with Crippen molar-refractivity contribution < 1.29 is 0 Å². The molecule has 0 aromatic carbocycles. The van der Waals surface area contributed by atoms with Crippen LogP contribution >= 0.6 is 11.8 Å². The van der Waals surface area contributed by atoms with E-state index in [0.29, 0.717) is 11.2 Å². The first-order chi connectivity index (χ1) is 7.54. The van der Waals surface area contributed by atoms with Gasteiger partial charge in [0.15, 0.2) is 0 Å². The molecule has 1 unspecified atom stereocenters. The van der Waals surface area contributed by atoms with Crippen molar-refractivity contribution in [3.63, 3.8) is 0 Å². The van der Waals surface area contributed by atoms with Crippen molar-refractivity contribution in [3.8, 4) is 0 Å². The molecule has 1 aromatic heterocycles. The van der Waals surface area contributed by atoms with Crippen LogP contribution in [0.25, 0.3) is 0 Å². The first kappa shape index (κ1) is 13.3. The minimum Gasteiger partial charge on any atom is -0.354 e. The summed E-state index contributed by atoms with van der Waals surface area (Å²) in [5.41, 5.74) is 1.15. The molecule has 1 aromatic rings. The molecule has 3 nitrogen and oxygen atoms in total. The van der Waals surface area contributed by atoms with Gasteiger partial charge in [0.05, 0.1) is 0 Å². The number of nitrogens with one attached hydrogen (secondary N) is 1. The van der Waals surface area contributed by atoms with Crippen molar-refractivity contribution in [1.82, 2.24) is 9.97 Å². The largest absolute Gasteiger partial charge is 0.354 e. The Labute approximate surface area is 102 Å². The average Bonchev–Trinajstić information content (AvgIpc) is 2.23. The molecule has 4 heteroatoms. The van der Waals surface area contributed by atoms with E-state index in [9.17, 15) is 0 Å². The highest BCUT2D eigenvalue weighted by Crippen LogP contribution is 2.28. The predicted molar refractivity (Wildman–Crippen MR) is 71.1 cm³/mol. The lowest BCUT2D eigenvalue weighted by atomic mass is 10.2. The second-order valence-electron chi connectivity index (χ2n) is 4.28. The third kappa shape index (κ3) is 3.67. The van der Waals surface area contributed by atoms with Gasteiger partial charge in [-0.25, -0.2) is 9.97 Å². The second-order valence-corrected chi connectivity index (χ2v) is 5.65. The highest BCUT2D eigenvalue weighted by molar-refractivity contribution is 7.99. The lowest BCUT2D eigenvalue weighted by Gasteiger charge is -2.15. The molecule has 1 rings (SSSR count). The summed E-state index contributed by atoms with van der Waals surface area (Å²) < 4.78 is 0. The zero-order valence-corrected chi connectivity index (χ0v) is 11.6. The number of aryl methyl sites for hydroxylation is 1. The molecule has 0 aliphatic rings. The van der Waals surface area contributed by atoms with E-state index >= 15 is 0 Å². The third-order valence-electron chi connectivity index (χ3n) is 2.50. The molecule has 16 heavy (non-hydrogen) atoms. The van der Waals surface area contributed by atoms with E-state index in [0.717, 1.165) is 23.1 Å². The van der Waals surface area contributed by atoms with Crippen molar-refractivity contribution >= 4 is 17.7 Å². The van der Waals surface area contributed by atoms with Gasteiger partial charge >= 0.3 is 0 Å². The Morgan fingerprint density at radius 1 is 1.38 bits per heavy atom. The lowest BCUT2D eigenvalue weighted by Crippen LogP contribution is -2.08. The molecule has 0 spiro atoms. The van der Waals surface area contributed by atoms with Gasteiger partial charge in [0.2, 0.25) is 5.95 Å². The highest BCUT2D eigenvalue weighted by Gasteiger charge is 2.12. The van der Waals surface area contributed by atoms with Gasteiger partial charge in [0.1, 0.15) is 5.03 Å². The summed E-state index contributed by atoms with van der Waals surface area (Å²) >= 11 is 1.83. The number of hydrogen-bond acceptors (Lipinski definition) is 4. The van der Waals surface area contributed by atoms with Crippen molar-refractivity contribution in [2.24, 2.45) is 5.92 Å². The highest BCUT2D eigenvalue weighted by atomic mass is 32.2. The Bertz CT molecular complexity index is 339. The maximum atomic E-state index is 4.53.